The number of amides is 1. The molecule has 0 radical (unpaired) electrons. The number of quaternary nitrogens is 1. The minimum Gasteiger partial charge on any atom is -0.477 e. The zero-order valence-corrected chi connectivity index (χ0v) is 20.8. The normalized spacial score (nSPS) is 28.4. The number of sulfonamides is 1. The molecule has 6 rings (SSSR count). The number of carbonyl (C=O) groups excluding carboxylic acids is 1. The molecule has 184 valence electrons. The van der Waals surface area contributed by atoms with Crippen molar-refractivity contribution in [3.05, 3.63) is 46.7 Å². The molecular weight excluding hydrogens is 470 g/mol. The van der Waals surface area contributed by atoms with Gasteiger partial charge >= 0.3 is 5.97 Å². The number of rotatable bonds is 4. The molecule has 1 saturated heterocycles. The molecule has 4 atom stereocenters. The number of carbonyl (C=O) groups is 2. The Labute approximate surface area is 203 Å². The van der Waals surface area contributed by atoms with Gasteiger partial charge in [0.15, 0.2) is 0 Å². The van der Waals surface area contributed by atoms with E-state index in [0.717, 1.165) is 23.1 Å². The van der Waals surface area contributed by atoms with Crippen molar-refractivity contribution in [1.29, 1.82) is 0 Å². The second-order valence-electron chi connectivity index (χ2n) is 10.9. The Kier molecular flexibility index (Phi) is 4.40. The minimum atomic E-state index is -3.93. The molecule has 9 nitrogen and oxygen atoms in total. The maximum atomic E-state index is 13.8. The van der Waals surface area contributed by atoms with Gasteiger partial charge in [-0.25, -0.2) is 13.2 Å². The molecule has 4 heterocycles. The molecule has 2 N–H and O–H groups in total. The predicted molar refractivity (Wildman–Crippen MR) is 128 cm³/mol. The molecule has 0 unspecified atom stereocenters. The summed E-state index contributed by atoms with van der Waals surface area (Å²) in [6.45, 7) is 4.63. The van der Waals surface area contributed by atoms with E-state index in [2.05, 4.69) is 20.2 Å². The topological polar surface area (TPSA) is 115 Å². The molecule has 0 bridgehead atoms. The average molecular weight is 499 g/mol. The molecular formula is C25H28N3O6S+. The van der Waals surface area contributed by atoms with E-state index >= 15 is 0 Å². The van der Waals surface area contributed by atoms with Crippen LogP contribution in [0.3, 0.4) is 0 Å². The summed E-state index contributed by atoms with van der Waals surface area (Å²) < 4.78 is 29.7. The third-order valence-electron chi connectivity index (χ3n) is 8.13. The van der Waals surface area contributed by atoms with E-state index in [-0.39, 0.29) is 17.1 Å². The molecule has 2 aromatic carbocycles. The van der Waals surface area contributed by atoms with Gasteiger partial charge in [0, 0.05) is 22.4 Å². The SMILES string of the molecule is C[C@@H](O)[C@H]1C(=O)N2C(C(=O)O)=C(CN3c4c5c(cc6cccc(c46)S3(=O)=O)C[N+](C)(C)C5)[C@H](C)[C@H]12. The summed E-state index contributed by atoms with van der Waals surface area (Å²) in [4.78, 5) is 26.5. The lowest BCUT2D eigenvalue weighted by Gasteiger charge is -2.46. The fourth-order valence-corrected chi connectivity index (χ4v) is 8.37. The molecule has 0 spiro atoms. The van der Waals surface area contributed by atoms with Gasteiger partial charge in [0.1, 0.15) is 18.8 Å². The molecule has 0 saturated carbocycles. The first kappa shape index (κ1) is 22.5. The van der Waals surface area contributed by atoms with Gasteiger partial charge in [0.25, 0.3) is 10.0 Å². The molecule has 4 aliphatic heterocycles. The van der Waals surface area contributed by atoms with Crippen molar-refractivity contribution in [3.8, 4) is 0 Å². The zero-order chi connectivity index (χ0) is 25.2. The average Bonchev–Trinajstić information content (AvgIpc) is 3.27. The smallest absolute Gasteiger partial charge is 0.352 e. The number of hydrogen-bond donors (Lipinski definition) is 2. The summed E-state index contributed by atoms with van der Waals surface area (Å²) in [5, 5.41) is 21.7. The summed E-state index contributed by atoms with van der Waals surface area (Å²) in [6.07, 6.45) is -0.919. The second kappa shape index (κ2) is 6.83. The van der Waals surface area contributed by atoms with Crippen molar-refractivity contribution < 1.29 is 32.7 Å². The van der Waals surface area contributed by atoms with Crippen LogP contribution in [0.4, 0.5) is 5.69 Å². The summed E-state index contributed by atoms with van der Waals surface area (Å²) >= 11 is 0. The Bertz CT molecular complexity index is 1490. The molecule has 0 aliphatic carbocycles. The van der Waals surface area contributed by atoms with E-state index in [4.69, 9.17) is 0 Å². The lowest BCUT2D eigenvalue weighted by atomic mass is 9.77. The maximum Gasteiger partial charge on any atom is 0.352 e. The predicted octanol–water partition coefficient (Wildman–Crippen LogP) is 1.63. The van der Waals surface area contributed by atoms with Crippen LogP contribution < -0.4 is 4.31 Å². The zero-order valence-electron chi connectivity index (χ0n) is 20.0. The van der Waals surface area contributed by atoms with Crippen LogP contribution in [0.15, 0.2) is 40.4 Å². The quantitative estimate of drug-likeness (QED) is 0.489. The van der Waals surface area contributed by atoms with Crippen molar-refractivity contribution in [2.24, 2.45) is 11.8 Å². The Morgan fingerprint density at radius 3 is 2.63 bits per heavy atom. The first-order chi connectivity index (χ1) is 16.3. The lowest BCUT2D eigenvalue weighted by molar-refractivity contribution is -0.909. The molecule has 10 heteroatoms. The fraction of sp³-hybridized carbons (Fsp3) is 0.440. The number of anilines is 1. The summed E-state index contributed by atoms with van der Waals surface area (Å²) in [5.41, 5.74) is 2.94. The number of fused-ring (bicyclic) bond motifs is 3. The maximum absolute atomic E-state index is 13.8. The highest BCUT2D eigenvalue weighted by molar-refractivity contribution is 7.93. The highest BCUT2D eigenvalue weighted by Gasteiger charge is 2.60. The van der Waals surface area contributed by atoms with E-state index in [1.54, 1.807) is 12.1 Å². The highest BCUT2D eigenvalue weighted by atomic mass is 32.2. The van der Waals surface area contributed by atoms with Gasteiger partial charge in [-0.1, -0.05) is 19.1 Å². The molecule has 1 fully saturated rings. The third-order valence-corrected chi connectivity index (χ3v) is 9.92. The minimum absolute atomic E-state index is 0.147. The summed E-state index contributed by atoms with van der Waals surface area (Å²) in [5.74, 6) is -2.80. The van der Waals surface area contributed by atoms with Gasteiger partial charge in [-0.15, -0.1) is 0 Å². The van der Waals surface area contributed by atoms with Crippen LogP contribution in [0.5, 0.6) is 0 Å². The van der Waals surface area contributed by atoms with Gasteiger partial charge in [0.05, 0.1) is 49.3 Å². The summed E-state index contributed by atoms with van der Waals surface area (Å²) in [7, 11) is 0.272. The van der Waals surface area contributed by atoms with Crippen LogP contribution in [0.1, 0.15) is 25.0 Å². The third kappa shape index (κ3) is 2.78. The van der Waals surface area contributed by atoms with Crippen LogP contribution in [0, 0.1) is 11.8 Å². The highest BCUT2D eigenvalue weighted by Crippen LogP contribution is 2.52. The number of benzene rings is 2. The van der Waals surface area contributed by atoms with Crippen molar-refractivity contribution >= 4 is 38.4 Å². The van der Waals surface area contributed by atoms with E-state index < -0.39 is 45.9 Å². The lowest BCUT2D eigenvalue weighted by Crippen LogP contribution is -2.63. The van der Waals surface area contributed by atoms with Crippen LogP contribution in [-0.4, -0.2) is 72.7 Å². The Morgan fingerprint density at radius 1 is 1.26 bits per heavy atom. The number of carboxylic acids is 1. The first-order valence-corrected chi connectivity index (χ1v) is 13.2. The van der Waals surface area contributed by atoms with Gasteiger partial charge < -0.3 is 19.6 Å². The van der Waals surface area contributed by atoms with E-state index in [0.29, 0.717) is 27.7 Å². The second-order valence-corrected chi connectivity index (χ2v) is 12.7. The van der Waals surface area contributed by atoms with Crippen molar-refractivity contribution in [3.63, 3.8) is 0 Å². The van der Waals surface area contributed by atoms with Crippen LogP contribution >= 0.6 is 0 Å². The standard InChI is InChI=1S/C25H27N3O6S/c1-12-16(23(25(31)32)27-21(12)19(13(2)29)24(27)30)9-26-22-17-11-28(3,4)10-15(17)8-14-6-5-7-18(20(14)22)35(26,33)34/h5-8,12-13,19,21,29H,9-11H2,1-4H3/p+1/t12-,13+,19+,21+/m0/s1. The Hall–Kier alpha value is -2.95. The first-order valence-electron chi connectivity index (χ1n) is 11.7. The number of aliphatic hydroxyl groups excluding tert-OH is 1. The number of β-lactam (4-membered cyclic amide) rings is 1. The van der Waals surface area contributed by atoms with E-state index in [9.17, 15) is 28.2 Å². The largest absolute Gasteiger partial charge is 0.477 e. The number of carboxylic acid groups (broad SMARTS) is 1. The Morgan fingerprint density at radius 2 is 1.97 bits per heavy atom. The van der Waals surface area contributed by atoms with Gasteiger partial charge in [-0.2, -0.15) is 0 Å². The van der Waals surface area contributed by atoms with Crippen LogP contribution in [-0.2, 0) is 32.7 Å². The van der Waals surface area contributed by atoms with Crippen molar-refractivity contribution in [1.82, 2.24) is 4.90 Å². The number of aliphatic carboxylic acids is 1. The van der Waals surface area contributed by atoms with Crippen molar-refractivity contribution in [2.75, 3.05) is 24.9 Å². The number of hydrogen-bond acceptors (Lipinski definition) is 5. The molecule has 35 heavy (non-hydrogen) atoms. The molecule has 1 amide bonds. The molecule has 0 aromatic heterocycles. The Balaban J connectivity index is 1.53. The monoisotopic (exact) mass is 498 g/mol. The fourth-order valence-electron chi connectivity index (χ4n) is 6.66. The van der Waals surface area contributed by atoms with Crippen molar-refractivity contribution in [2.45, 2.75) is 44.0 Å². The van der Waals surface area contributed by atoms with Crippen LogP contribution in [0.2, 0.25) is 0 Å². The summed E-state index contributed by atoms with van der Waals surface area (Å²) in [6, 6.07) is 6.84. The molecule has 4 aliphatic rings. The van der Waals surface area contributed by atoms with E-state index in [1.165, 1.54) is 16.1 Å². The van der Waals surface area contributed by atoms with Gasteiger partial charge in [-0.3, -0.25) is 9.10 Å². The molecule has 2 aromatic rings. The van der Waals surface area contributed by atoms with Gasteiger partial charge in [0.2, 0.25) is 5.91 Å². The number of nitrogens with zero attached hydrogens (tertiary/aromatic N) is 3. The number of aliphatic hydroxyl groups is 1. The van der Waals surface area contributed by atoms with E-state index in [1.807, 2.05) is 13.0 Å². The van der Waals surface area contributed by atoms with Gasteiger partial charge in [-0.05, 0) is 30.0 Å². The van der Waals surface area contributed by atoms with Crippen LogP contribution in [0.25, 0.3) is 10.8 Å².